The number of aryl methyl sites for hydroxylation is 2. The first-order valence-corrected chi connectivity index (χ1v) is 8.89. The first-order chi connectivity index (χ1) is 9.77. The molecule has 0 unspecified atom stereocenters. The Kier molecular flexibility index (Phi) is 4.81. The molecule has 0 N–H and O–H groups in total. The van der Waals surface area contributed by atoms with Crippen LogP contribution in [0.1, 0.15) is 16.7 Å². The van der Waals surface area contributed by atoms with Crippen LogP contribution in [0.2, 0.25) is 5.02 Å². The van der Waals surface area contributed by atoms with E-state index in [1.807, 2.05) is 18.2 Å². The molecule has 112 valence electrons. The molecule has 2 aromatic carbocycles. The van der Waals surface area contributed by atoms with Gasteiger partial charge in [0.05, 0.1) is 0 Å². The van der Waals surface area contributed by atoms with Gasteiger partial charge in [0.15, 0.2) is 0 Å². The summed E-state index contributed by atoms with van der Waals surface area (Å²) in [6.45, 7) is 3.80. The lowest BCUT2D eigenvalue weighted by Crippen LogP contribution is -2.03. The van der Waals surface area contributed by atoms with Gasteiger partial charge in [0, 0.05) is 15.7 Å². The largest absolute Gasteiger partial charge is 0.487 e. The molecule has 0 heterocycles. The van der Waals surface area contributed by atoms with Gasteiger partial charge in [-0.3, -0.25) is 0 Å². The van der Waals surface area contributed by atoms with Crippen LogP contribution >= 0.6 is 22.3 Å². The summed E-state index contributed by atoms with van der Waals surface area (Å²) < 4.78 is 29.0. The number of halogens is 2. The van der Waals surface area contributed by atoms with Crippen LogP contribution < -0.4 is 4.74 Å². The third-order valence-electron chi connectivity index (χ3n) is 2.92. The summed E-state index contributed by atoms with van der Waals surface area (Å²) in [5.74, 6) is 0.274. The van der Waals surface area contributed by atoms with Crippen LogP contribution in [0.3, 0.4) is 0 Å². The molecule has 0 spiro atoms. The maximum absolute atomic E-state index is 11.7. The standard InChI is InChI=1S/C15H14Cl2O3S/c1-10-6-11(2)15(14(7-10)21(17,18)19)20-9-12-4-3-5-13(16)8-12/h3-8H,9H2,1-2H3. The Labute approximate surface area is 133 Å². The van der Waals surface area contributed by atoms with E-state index in [4.69, 9.17) is 27.0 Å². The van der Waals surface area contributed by atoms with Crippen LogP contribution in [0.15, 0.2) is 41.3 Å². The monoisotopic (exact) mass is 344 g/mol. The molecule has 0 aliphatic heterocycles. The second kappa shape index (κ2) is 6.26. The van der Waals surface area contributed by atoms with Crippen LogP contribution in [0.5, 0.6) is 5.75 Å². The van der Waals surface area contributed by atoms with Gasteiger partial charge >= 0.3 is 0 Å². The Morgan fingerprint density at radius 3 is 2.48 bits per heavy atom. The minimum Gasteiger partial charge on any atom is -0.487 e. The summed E-state index contributed by atoms with van der Waals surface area (Å²) >= 11 is 5.91. The molecule has 0 aliphatic carbocycles. The molecule has 2 rings (SSSR count). The second-order valence-electron chi connectivity index (χ2n) is 4.77. The van der Waals surface area contributed by atoms with Crippen molar-refractivity contribution in [2.75, 3.05) is 0 Å². The van der Waals surface area contributed by atoms with Gasteiger partial charge in [-0.15, -0.1) is 0 Å². The minimum atomic E-state index is -3.87. The lowest BCUT2D eigenvalue weighted by molar-refractivity contribution is 0.296. The van der Waals surface area contributed by atoms with Gasteiger partial charge in [0.2, 0.25) is 0 Å². The van der Waals surface area contributed by atoms with Gasteiger partial charge in [-0.1, -0.05) is 29.8 Å². The van der Waals surface area contributed by atoms with Gasteiger partial charge in [0.1, 0.15) is 17.3 Å². The summed E-state index contributed by atoms with van der Waals surface area (Å²) in [4.78, 5) is -0.0105. The Morgan fingerprint density at radius 1 is 1.14 bits per heavy atom. The minimum absolute atomic E-state index is 0.0105. The molecule has 0 aliphatic rings. The average Bonchev–Trinajstić information content (AvgIpc) is 2.36. The highest BCUT2D eigenvalue weighted by Gasteiger charge is 2.19. The number of hydrogen-bond acceptors (Lipinski definition) is 3. The van der Waals surface area contributed by atoms with E-state index in [1.54, 1.807) is 26.0 Å². The molecular formula is C15H14Cl2O3S. The van der Waals surface area contributed by atoms with Crippen molar-refractivity contribution >= 4 is 31.3 Å². The molecule has 6 heteroatoms. The van der Waals surface area contributed by atoms with E-state index in [1.165, 1.54) is 6.07 Å². The number of hydrogen-bond donors (Lipinski definition) is 0. The van der Waals surface area contributed by atoms with Gasteiger partial charge in [-0.25, -0.2) is 8.42 Å². The molecule has 0 saturated heterocycles. The molecule has 0 atom stereocenters. The van der Waals surface area contributed by atoms with Gasteiger partial charge in [-0.05, 0) is 48.7 Å². The van der Waals surface area contributed by atoms with Crippen molar-refractivity contribution in [2.24, 2.45) is 0 Å². The summed E-state index contributed by atoms with van der Waals surface area (Å²) in [6, 6.07) is 10.5. The molecule has 2 aromatic rings. The quantitative estimate of drug-likeness (QED) is 0.768. The molecule has 3 nitrogen and oxygen atoms in total. The lowest BCUT2D eigenvalue weighted by Gasteiger charge is -2.13. The Hall–Kier alpha value is -1.23. The van der Waals surface area contributed by atoms with E-state index in [0.717, 1.165) is 16.7 Å². The Morgan fingerprint density at radius 2 is 1.86 bits per heavy atom. The molecule has 21 heavy (non-hydrogen) atoms. The highest BCUT2D eigenvalue weighted by molar-refractivity contribution is 8.13. The number of rotatable bonds is 4. The average molecular weight is 345 g/mol. The molecule has 0 fully saturated rings. The van der Waals surface area contributed by atoms with E-state index in [2.05, 4.69) is 0 Å². The van der Waals surface area contributed by atoms with Crippen molar-refractivity contribution in [3.05, 3.63) is 58.1 Å². The zero-order valence-corrected chi connectivity index (χ0v) is 13.9. The van der Waals surface area contributed by atoms with Crippen LogP contribution in [-0.2, 0) is 15.7 Å². The molecule has 0 bridgehead atoms. The van der Waals surface area contributed by atoms with Gasteiger partial charge in [0.25, 0.3) is 9.05 Å². The van der Waals surface area contributed by atoms with Crippen molar-refractivity contribution in [2.45, 2.75) is 25.3 Å². The normalized spacial score (nSPS) is 11.4. The summed E-state index contributed by atoms with van der Waals surface area (Å²) in [5, 5.41) is 0.599. The van der Waals surface area contributed by atoms with E-state index in [0.29, 0.717) is 5.02 Å². The van der Waals surface area contributed by atoms with Crippen molar-refractivity contribution in [1.29, 1.82) is 0 Å². The maximum Gasteiger partial charge on any atom is 0.265 e. The van der Waals surface area contributed by atoms with Crippen LogP contribution in [0, 0.1) is 13.8 Å². The predicted octanol–water partition coefficient (Wildman–Crippen LogP) is 4.46. The van der Waals surface area contributed by atoms with Gasteiger partial charge < -0.3 is 4.74 Å². The zero-order chi connectivity index (χ0) is 15.6. The van der Waals surface area contributed by atoms with Crippen LogP contribution in [0.4, 0.5) is 0 Å². The second-order valence-corrected chi connectivity index (χ2v) is 7.74. The maximum atomic E-state index is 11.7. The molecule has 0 amide bonds. The van der Waals surface area contributed by atoms with E-state index >= 15 is 0 Å². The topological polar surface area (TPSA) is 43.4 Å². The summed E-state index contributed by atoms with van der Waals surface area (Å²) in [7, 11) is 1.62. The van der Waals surface area contributed by atoms with Crippen molar-refractivity contribution in [3.63, 3.8) is 0 Å². The van der Waals surface area contributed by atoms with Crippen LogP contribution in [-0.4, -0.2) is 8.42 Å². The van der Waals surface area contributed by atoms with E-state index in [9.17, 15) is 8.42 Å². The Bertz CT molecular complexity index is 770. The fourth-order valence-corrected chi connectivity index (χ4v) is 3.39. The highest BCUT2D eigenvalue weighted by Crippen LogP contribution is 2.32. The van der Waals surface area contributed by atoms with Crippen molar-refractivity contribution in [3.8, 4) is 5.75 Å². The fraction of sp³-hybridized carbons (Fsp3) is 0.200. The molecular weight excluding hydrogens is 331 g/mol. The SMILES string of the molecule is Cc1cc(C)c(OCc2cccc(Cl)c2)c(S(=O)(=O)Cl)c1. The first-order valence-electron chi connectivity index (χ1n) is 6.20. The predicted molar refractivity (Wildman–Crippen MR) is 84.7 cm³/mol. The van der Waals surface area contributed by atoms with Gasteiger partial charge in [-0.2, -0.15) is 0 Å². The Balaban J connectivity index is 2.36. The fourth-order valence-electron chi connectivity index (χ4n) is 2.06. The van der Waals surface area contributed by atoms with E-state index in [-0.39, 0.29) is 17.3 Å². The first kappa shape index (κ1) is 16.1. The molecule has 0 radical (unpaired) electrons. The third kappa shape index (κ3) is 4.13. The molecule has 0 aromatic heterocycles. The van der Waals surface area contributed by atoms with Crippen molar-refractivity contribution in [1.82, 2.24) is 0 Å². The molecule has 0 saturated carbocycles. The number of ether oxygens (including phenoxy) is 1. The smallest absolute Gasteiger partial charge is 0.265 e. The zero-order valence-electron chi connectivity index (χ0n) is 11.6. The van der Waals surface area contributed by atoms with Crippen LogP contribution in [0.25, 0.3) is 0 Å². The third-order valence-corrected chi connectivity index (χ3v) is 4.48. The van der Waals surface area contributed by atoms with Crippen molar-refractivity contribution < 1.29 is 13.2 Å². The summed E-state index contributed by atoms with van der Waals surface area (Å²) in [5.41, 5.74) is 2.37. The highest BCUT2D eigenvalue weighted by atomic mass is 35.7. The van der Waals surface area contributed by atoms with E-state index < -0.39 is 9.05 Å². The number of benzene rings is 2. The lowest BCUT2D eigenvalue weighted by atomic mass is 10.1. The summed E-state index contributed by atoms with van der Waals surface area (Å²) in [6.07, 6.45) is 0.